The molecule has 0 aliphatic carbocycles. The number of fused-ring (bicyclic) bond motifs is 3. The van der Waals surface area contributed by atoms with Crippen LogP contribution in [0.1, 0.15) is 57.1 Å². The number of thiophene rings is 1. The number of hydrogen-bond acceptors (Lipinski definition) is 6. The maximum Gasteiger partial charge on any atom is 0.272 e. The highest BCUT2D eigenvalue weighted by Gasteiger charge is 2.24. The van der Waals surface area contributed by atoms with Gasteiger partial charge in [-0.1, -0.05) is 49.9 Å². The predicted molar refractivity (Wildman–Crippen MR) is 145 cm³/mol. The van der Waals surface area contributed by atoms with Gasteiger partial charge in [0.25, 0.3) is 5.56 Å². The Balaban J connectivity index is 1.52. The standard InChI is InChI=1S/C27H30N4O2S2/c1-17(2)20-11-9-19(10-12-20)15-31-26(33)24-23(21-8-6-13-28-25(21)35-24)29-27(31)34-16-22(32)30-14-5-4-7-18(30)3/h6,8-13,17-18H,4-5,7,14-16H2,1-3H3/t18-/m1/s1. The summed E-state index contributed by atoms with van der Waals surface area (Å²) in [5.74, 6) is 0.834. The minimum Gasteiger partial charge on any atom is -0.339 e. The number of carbonyl (C=O) groups is 1. The molecule has 0 spiro atoms. The third-order valence-corrected chi connectivity index (χ3v) is 8.80. The van der Waals surface area contributed by atoms with Crippen LogP contribution in [-0.4, -0.2) is 43.7 Å². The Kier molecular flexibility index (Phi) is 6.93. The minimum absolute atomic E-state index is 0.0766. The van der Waals surface area contributed by atoms with Crippen LogP contribution in [0.25, 0.3) is 20.4 Å². The molecule has 1 aliphatic rings. The van der Waals surface area contributed by atoms with Crippen LogP contribution in [0.15, 0.2) is 52.5 Å². The molecule has 0 saturated carbocycles. The van der Waals surface area contributed by atoms with Gasteiger partial charge in [0.1, 0.15) is 9.53 Å². The van der Waals surface area contributed by atoms with E-state index in [2.05, 4.69) is 50.0 Å². The molecule has 4 heterocycles. The topological polar surface area (TPSA) is 68.1 Å². The largest absolute Gasteiger partial charge is 0.339 e. The molecule has 1 aromatic carbocycles. The van der Waals surface area contributed by atoms with Crippen molar-refractivity contribution in [2.75, 3.05) is 12.3 Å². The van der Waals surface area contributed by atoms with E-state index in [0.29, 0.717) is 27.8 Å². The molecule has 1 saturated heterocycles. The molecule has 6 nitrogen and oxygen atoms in total. The van der Waals surface area contributed by atoms with Crippen molar-refractivity contribution in [2.45, 2.75) is 63.7 Å². The fourth-order valence-electron chi connectivity index (χ4n) is 4.66. The molecule has 0 unspecified atom stereocenters. The van der Waals surface area contributed by atoms with Crippen molar-refractivity contribution in [3.05, 3.63) is 64.1 Å². The average Bonchev–Trinajstić information content (AvgIpc) is 3.24. The van der Waals surface area contributed by atoms with Crippen LogP contribution in [0.5, 0.6) is 0 Å². The van der Waals surface area contributed by atoms with E-state index >= 15 is 0 Å². The monoisotopic (exact) mass is 506 g/mol. The Labute approximate surface area is 213 Å². The van der Waals surface area contributed by atoms with Gasteiger partial charge in [-0.05, 0) is 55.4 Å². The fourth-order valence-corrected chi connectivity index (χ4v) is 6.57. The van der Waals surface area contributed by atoms with Gasteiger partial charge in [-0.25, -0.2) is 9.97 Å². The van der Waals surface area contributed by atoms with Gasteiger partial charge in [0.15, 0.2) is 5.16 Å². The van der Waals surface area contributed by atoms with Gasteiger partial charge in [-0.2, -0.15) is 0 Å². The van der Waals surface area contributed by atoms with Crippen LogP contribution in [0.4, 0.5) is 0 Å². The van der Waals surface area contributed by atoms with Crippen molar-refractivity contribution in [2.24, 2.45) is 0 Å². The first-order chi connectivity index (χ1) is 16.9. The molecule has 35 heavy (non-hydrogen) atoms. The maximum atomic E-state index is 13.7. The first kappa shape index (κ1) is 24.0. The summed E-state index contributed by atoms with van der Waals surface area (Å²) in [6, 6.07) is 12.5. The molecule has 0 radical (unpaired) electrons. The van der Waals surface area contributed by atoms with Gasteiger partial charge < -0.3 is 4.90 Å². The molecule has 0 bridgehead atoms. The Morgan fingerprint density at radius 2 is 2.00 bits per heavy atom. The lowest BCUT2D eigenvalue weighted by atomic mass is 10.0. The Morgan fingerprint density at radius 1 is 1.20 bits per heavy atom. The highest BCUT2D eigenvalue weighted by Crippen LogP contribution is 2.31. The summed E-state index contributed by atoms with van der Waals surface area (Å²) in [5.41, 5.74) is 2.90. The van der Waals surface area contributed by atoms with E-state index in [1.54, 1.807) is 10.8 Å². The number of likely N-dealkylation sites (tertiary alicyclic amines) is 1. The number of aromatic nitrogens is 3. The number of amides is 1. The Hall–Kier alpha value is -2.71. The van der Waals surface area contributed by atoms with Crippen molar-refractivity contribution in [1.82, 2.24) is 19.4 Å². The zero-order chi connectivity index (χ0) is 24.5. The molecule has 1 atom stereocenters. The summed E-state index contributed by atoms with van der Waals surface area (Å²) >= 11 is 2.75. The van der Waals surface area contributed by atoms with Crippen molar-refractivity contribution < 1.29 is 4.79 Å². The van der Waals surface area contributed by atoms with Crippen LogP contribution >= 0.6 is 23.1 Å². The molecule has 5 rings (SSSR count). The predicted octanol–water partition coefficient (Wildman–Crippen LogP) is 5.67. The van der Waals surface area contributed by atoms with E-state index < -0.39 is 0 Å². The maximum absolute atomic E-state index is 13.7. The zero-order valence-corrected chi connectivity index (χ0v) is 22.0. The molecular formula is C27H30N4O2S2. The summed E-state index contributed by atoms with van der Waals surface area (Å²) < 4.78 is 2.33. The number of pyridine rings is 1. The highest BCUT2D eigenvalue weighted by atomic mass is 32.2. The van der Waals surface area contributed by atoms with Crippen LogP contribution in [0, 0.1) is 0 Å². The van der Waals surface area contributed by atoms with Gasteiger partial charge in [0.05, 0.1) is 17.8 Å². The lowest BCUT2D eigenvalue weighted by Gasteiger charge is -2.33. The van der Waals surface area contributed by atoms with Gasteiger partial charge in [0, 0.05) is 24.2 Å². The number of rotatable bonds is 6. The van der Waals surface area contributed by atoms with E-state index in [4.69, 9.17) is 4.98 Å². The van der Waals surface area contributed by atoms with E-state index in [1.165, 1.54) is 35.1 Å². The van der Waals surface area contributed by atoms with Gasteiger partial charge in [-0.15, -0.1) is 11.3 Å². The summed E-state index contributed by atoms with van der Waals surface area (Å²) in [6.07, 6.45) is 5.01. The van der Waals surface area contributed by atoms with E-state index in [0.717, 1.165) is 35.2 Å². The third-order valence-electron chi connectivity index (χ3n) is 6.75. The molecule has 1 amide bonds. The smallest absolute Gasteiger partial charge is 0.272 e. The number of nitrogens with zero attached hydrogens (tertiary/aromatic N) is 4. The molecule has 1 fully saturated rings. The van der Waals surface area contributed by atoms with Gasteiger partial charge in [-0.3, -0.25) is 14.2 Å². The average molecular weight is 507 g/mol. The summed E-state index contributed by atoms with van der Waals surface area (Å²) in [4.78, 5) is 38.9. The molecule has 3 aromatic heterocycles. The van der Waals surface area contributed by atoms with E-state index in [1.807, 2.05) is 17.0 Å². The van der Waals surface area contributed by atoms with Crippen LogP contribution in [0.2, 0.25) is 0 Å². The molecular weight excluding hydrogens is 476 g/mol. The van der Waals surface area contributed by atoms with Crippen molar-refractivity contribution >= 4 is 49.4 Å². The van der Waals surface area contributed by atoms with Crippen LogP contribution in [-0.2, 0) is 11.3 Å². The quantitative estimate of drug-likeness (QED) is 0.249. The number of benzene rings is 1. The fraction of sp³-hybridized carbons (Fsp3) is 0.407. The lowest BCUT2D eigenvalue weighted by molar-refractivity contribution is -0.131. The van der Waals surface area contributed by atoms with E-state index in [9.17, 15) is 9.59 Å². The summed E-state index contributed by atoms with van der Waals surface area (Å²) in [5, 5.41) is 1.47. The van der Waals surface area contributed by atoms with Crippen molar-refractivity contribution in [1.29, 1.82) is 0 Å². The van der Waals surface area contributed by atoms with E-state index in [-0.39, 0.29) is 23.3 Å². The molecule has 182 valence electrons. The second kappa shape index (κ2) is 10.1. The minimum atomic E-state index is -0.0766. The third kappa shape index (κ3) is 4.86. The number of thioether (sulfide) groups is 1. The zero-order valence-electron chi connectivity index (χ0n) is 20.4. The highest BCUT2D eigenvalue weighted by molar-refractivity contribution is 7.99. The second-order valence-electron chi connectivity index (χ2n) is 9.54. The first-order valence-electron chi connectivity index (χ1n) is 12.2. The lowest BCUT2D eigenvalue weighted by Crippen LogP contribution is -2.43. The number of carbonyl (C=O) groups excluding carboxylic acids is 1. The SMILES string of the molecule is CC(C)c1ccc(Cn2c(SCC(=O)N3CCCC[C@H]3C)nc3c(sc4ncccc43)c2=O)cc1. The number of piperidine rings is 1. The summed E-state index contributed by atoms with van der Waals surface area (Å²) in [7, 11) is 0. The van der Waals surface area contributed by atoms with Crippen molar-refractivity contribution in [3.63, 3.8) is 0 Å². The normalized spacial score (nSPS) is 16.5. The van der Waals surface area contributed by atoms with Gasteiger partial charge >= 0.3 is 0 Å². The second-order valence-corrected chi connectivity index (χ2v) is 11.5. The molecule has 1 aliphatic heterocycles. The molecule has 0 N–H and O–H groups in total. The van der Waals surface area contributed by atoms with Crippen LogP contribution in [0.3, 0.4) is 0 Å². The Bertz CT molecular complexity index is 1430. The van der Waals surface area contributed by atoms with Crippen molar-refractivity contribution in [3.8, 4) is 0 Å². The number of hydrogen-bond donors (Lipinski definition) is 0. The van der Waals surface area contributed by atoms with Gasteiger partial charge in [0.2, 0.25) is 5.91 Å². The first-order valence-corrected chi connectivity index (χ1v) is 14.0. The van der Waals surface area contributed by atoms with Crippen LogP contribution < -0.4 is 5.56 Å². The Morgan fingerprint density at radius 3 is 2.74 bits per heavy atom. The molecule has 8 heteroatoms. The molecule has 4 aromatic rings. The summed E-state index contributed by atoms with van der Waals surface area (Å²) in [6.45, 7) is 7.68.